The van der Waals surface area contributed by atoms with Gasteiger partial charge in [-0.25, -0.2) is 0 Å². The summed E-state index contributed by atoms with van der Waals surface area (Å²) in [6.45, 7) is 14.0. The predicted molar refractivity (Wildman–Crippen MR) is 85.6 cm³/mol. The van der Waals surface area contributed by atoms with Crippen molar-refractivity contribution in [1.82, 2.24) is 0 Å². The van der Waals surface area contributed by atoms with Crippen molar-refractivity contribution in [2.45, 2.75) is 60.7 Å². The van der Waals surface area contributed by atoms with Gasteiger partial charge in [-0.2, -0.15) is 0 Å². The van der Waals surface area contributed by atoms with Crippen LogP contribution in [-0.4, -0.2) is 18.7 Å². The van der Waals surface area contributed by atoms with Gasteiger partial charge >= 0.3 is 0 Å². The van der Waals surface area contributed by atoms with Crippen LogP contribution in [0.2, 0.25) is 0 Å². The molecule has 20 heavy (non-hydrogen) atoms. The Hall–Kier alpha value is -1.22. The van der Waals surface area contributed by atoms with E-state index in [0.29, 0.717) is 11.5 Å². The highest BCUT2D eigenvalue weighted by Gasteiger charge is 2.02. The third kappa shape index (κ3) is 14.8. The molecule has 0 fully saturated rings. The van der Waals surface area contributed by atoms with E-state index >= 15 is 0 Å². The third-order valence-corrected chi connectivity index (χ3v) is 1.95. The molecule has 0 heterocycles. The average Bonchev–Trinajstić information content (AvgIpc) is 2.27. The van der Waals surface area contributed by atoms with Crippen molar-refractivity contribution >= 4 is 18.1 Å². The van der Waals surface area contributed by atoms with Crippen LogP contribution in [0.5, 0.6) is 0 Å². The Morgan fingerprint density at radius 1 is 1.10 bits per heavy atom. The lowest BCUT2D eigenvalue weighted by Crippen LogP contribution is -2.01. The van der Waals surface area contributed by atoms with Crippen LogP contribution in [-0.2, 0) is 14.3 Å². The molecule has 0 N–H and O–H groups in total. The second kappa shape index (κ2) is 12.8. The first-order valence-corrected chi connectivity index (χ1v) is 7.05. The number of carbonyl (C=O) groups excluding carboxylic acids is 1. The lowest BCUT2D eigenvalue weighted by Gasteiger charge is -2.11. The first-order chi connectivity index (χ1) is 9.24. The number of carbonyl (C=O) groups is 1. The molecule has 0 amide bonds. The molecule has 0 aromatic rings. The highest BCUT2D eigenvalue weighted by Crippen LogP contribution is 2.17. The van der Waals surface area contributed by atoms with E-state index in [-0.39, 0.29) is 12.2 Å². The van der Waals surface area contributed by atoms with E-state index in [1.165, 1.54) is 0 Å². The van der Waals surface area contributed by atoms with Crippen molar-refractivity contribution in [3.8, 4) is 0 Å². The summed E-state index contributed by atoms with van der Waals surface area (Å²) >= 11 is 6.09. The molecule has 0 atom stereocenters. The summed E-state index contributed by atoms with van der Waals surface area (Å²) in [5, 5.41) is 0.650. The van der Waals surface area contributed by atoms with Crippen LogP contribution in [0.4, 0.5) is 0 Å². The number of hydrogen-bond donors (Lipinski definition) is 0. The second-order valence-corrected chi connectivity index (χ2v) is 5.29. The third-order valence-electron chi connectivity index (χ3n) is 1.66. The molecule has 0 saturated heterocycles. The predicted octanol–water partition coefficient (Wildman–Crippen LogP) is 4.97. The van der Waals surface area contributed by atoms with Crippen molar-refractivity contribution < 1.29 is 14.3 Å². The fourth-order valence-corrected chi connectivity index (χ4v) is 1.34. The van der Waals surface area contributed by atoms with Crippen LogP contribution < -0.4 is 0 Å². The summed E-state index contributed by atoms with van der Waals surface area (Å²) in [5.41, 5.74) is 1.16. The van der Waals surface area contributed by atoms with Crippen molar-refractivity contribution in [2.24, 2.45) is 0 Å². The minimum absolute atomic E-state index is 0.0301. The largest absolute Gasteiger partial charge is 0.489 e. The zero-order valence-electron chi connectivity index (χ0n) is 13.6. The standard InChI is InChI=1S/C12H19ClO.C4H8O2/c1-6-7-12(14-10(4)5)11(13)8-9(2)3;1-4(2)6-3-5/h6-8,10H,1-5H3;3-4H,1-2H3/b7-6-,12-11-;. The molecule has 0 aliphatic carbocycles. The Balaban J connectivity index is 0. The zero-order chi connectivity index (χ0) is 16.1. The minimum Gasteiger partial charge on any atom is -0.489 e. The smallest absolute Gasteiger partial charge is 0.293 e. The molecular formula is C16H27ClO3. The van der Waals surface area contributed by atoms with Crippen LogP contribution in [0.25, 0.3) is 0 Å². The van der Waals surface area contributed by atoms with Crippen LogP contribution in [0, 0.1) is 0 Å². The van der Waals surface area contributed by atoms with Crippen LogP contribution >= 0.6 is 11.6 Å². The number of hydrogen-bond acceptors (Lipinski definition) is 3. The van der Waals surface area contributed by atoms with E-state index < -0.39 is 0 Å². The fraction of sp³-hybridized carbons (Fsp3) is 0.562. The van der Waals surface area contributed by atoms with Crippen molar-refractivity contribution in [3.63, 3.8) is 0 Å². The van der Waals surface area contributed by atoms with E-state index in [1.807, 2.05) is 52.8 Å². The van der Waals surface area contributed by atoms with Gasteiger partial charge in [0.15, 0.2) is 0 Å². The number of allylic oxidation sites excluding steroid dienone is 5. The van der Waals surface area contributed by atoms with Crippen molar-refractivity contribution in [1.29, 1.82) is 0 Å². The molecule has 0 saturated carbocycles. The molecule has 3 nitrogen and oxygen atoms in total. The van der Waals surface area contributed by atoms with E-state index in [4.69, 9.17) is 16.3 Å². The fourth-order valence-electron chi connectivity index (χ4n) is 1.02. The first kappa shape index (κ1) is 21.1. The van der Waals surface area contributed by atoms with Crippen LogP contribution in [0.15, 0.2) is 34.6 Å². The molecule has 0 rings (SSSR count). The van der Waals surface area contributed by atoms with Crippen molar-refractivity contribution in [2.75, 3.05) is 0 Å². The van der Waals surface area contributed by atoms with Gasteiger partial charge in [-0.1, -0.05) is 23.3 Å². The van der Waals surface area contributed by atoms with Gasteiger partial charge in [0.1, 0.15) is 5.76 Å². The number of halogens is 1. The summed E-state index contributed by atoms with van der Waals surface area (Å²) in [6, 6.07) is 0. The van der Waals surface area contributed by atoms with E-state index in [2.05, 4.69) is 4.74 Å². The summed E-state index contributed by atoms with van der Waals surface area (Å²) in [4.78, 5) is 9.39. The normalized spacial score (nSPS) is 11.7. The Labute approximate surface area is 128 Å². The minimum atomic E-state index is 0.0301. The highest BCUT2D eigenvalue weighted by molar-refractivity contribution is 6.31. The average molecular weight is 303 g/mol. The maximum absolute atomic E-state index is 9.39. The Morgan fingerprint density at radius 3 is 1.90 bits per heavy atom. The summed E-state index contributed by atoms with van der Waals surface area (Å²) < 4.78 is 9.93. The SMILES string of the molecule is C/C=C\C(OC(C)C)=C(\Cl)C=C(C)C.CC(C)OC=O. The van der Waals surface area contributed by atoms with Gasteiger partial charge in [0.05, 0.1) is 17.2 Å². The molecular weight excluding hydrogens is 276 g/mol. The lowest BCUT2D eigenvalue weighted by atomic mass is 10.3. The van der Waals surface area contributed by atoms with Gasteiger partial charge in [0.2, 0.25) is 0 Å². The molecule has 0 aromatic carbocycles. The Bertz CT molecular complexity index is 349. The molecule has 0 aliphatic rings. The maximum atomic E-state index is 9.39. The molecule has 0 bridgehead atoms. The van der Waals surface area contributed by atoms with E-state index in [1.54, 1.807) is 13.8 Å². The van der Waals surface area contributed by atoms with Crippen molar-refractivity contribution in [3.05, 3.63) is 34.6 Å². The molecule has 116 valence electrons. The van der Waals surface area contributed by atoms with Gasteiger partial charge in [-0.05, 0) is 60.6 Å². The van der Waals surface area contributed by atoms with Gasteiger partial charge in [0, 0.05) is 0 Å². The highest BCUT2D eigenvalue weighted by atomic mass is 35.5. The Morgan fingerprint density at radius 2 is 1.65 bits per heavy atom. The molecule has 0 aromatic heterocycles. The maximum Gasteiger partial charge on any atom is 0.293 e. The second-order valence-electron chi connectivity index (χ2n) is 4.88. The quantitative estimate of drug-likeness (QED) is 0.395. The zero-order valence-corrected chi connectivity index (χ0v) is 14.3. The molecule has 0 spiro atoms. The molecule has 0 aliphatic heterocycles. The molecule has 0 unspecified atom stereocenters. The van der Waals surface area contributed by atoms with E-state index in [9.17, 15) is 4.79 Å². The number of ether oxygens (including phenoxy) is 2. The topological polar surface area (TPSA) is 35.5 Å². The monoisotopic (exact) mass is 302 g/mol. The van der Waals surface area contributed by atoms with E-state index in [0.717, 1.165) is 11.3 Å². The van der Waals surface area contributed by atoms with Gasteiger partial charge < -0.3 is 9.47 Å². The van der Waals surface area contributed by atoms with Crippen LogP contribution in [0.1, 0.15) is 48.5 Å². The molecule has 4 heteroatoms. The van der Waals surface area contributed by atoms with Gasteiger partial charge in [-0.3, -0.25) is 4.79 Å². The van der Waals surface area contributed by atoms with Gasteiger partial charge in [0.25, 0.3) is 6.47 Å². The summed E-state index contributed by atoms with van der Waals surface area (Å²) in [5.74, 6) is 0.727. The Kier molecular flexibility index (Phi) is 13.5. The first-order valence-electron chi connectivity index (χ1n) is 6.67. The summed E-state index contributed by atoms with van der Waals surface area (Å²) in [7, 11) is 0. The summed E-state index contributed by atoms with van der Waals surface area (Å²) in [6.07, 6.45) is 5.86. The van der Waals surface area contributed by atoms with Crippen LogP contribution in [0.3, 0.4) is 0 Å². The molecule has 0 radical (unpaired) electrons. The van der Waals surface area contributed by atoms with Gasteiger partial charge in [-0.15, -0.1) is 0 Å². The number of rotatable bonds is 6. The lowest BCUT2D eigenvalue weighted by molar-refractivity contribution is -0.131.